The number of ether oxygens (including phenoxy) is 1. The predicted octanol–water partition coefficient (Wildman–Crippen LogP) is 2.88. The molecule has 0 aromatic carbocycles. The average Bonchev–Trinajstić information content (AvgIpc) is 2.10. The van der Waals surface area contributed by atoms with Crippen molar-refractivity contribution in [1.29, 1.82) is 0 Å². The second kappa shape index (κ2) is 5.05. The van der Waals surface area contributed by atoms with Crippen LogP contribution >= 0.6 is 11.6 Å². The van der Waals surface area contributed by atoms with Gasteiger partial charge in [0.2, 0.25) is 5.88 Å². The Morgan fingerprint density at radius 3 is 2.93 bits per heavy atom. The van der Waals surface area contributed by atoms with Gasteiger partial charge >= 0.3 is 0 Å². The van der Waals surface area contributed by atoms with Crippen LogP contribution < -0.4 is 10.5 Å². The zero-order valence-corrected chi connectivity index (χ0v) is 9.21. The van der Waals surface area contributed by atoms with E-state index >= 15 is 0 Å². The molecule has 0 spiro atoms. The number of nitrogens with two attached hydrogens (primary N) is 1. The van der Waals surface area contributed by atoms with E-state index in [0.29, 0.717) is 16.6 Å². The Morgan fingerprint density at radius 1 is 1.64 bits per heavy atom. The van der Waals surface area contributed by atoms with E-state index in [2.05, 4.69) is 11.9 Å². The van der Waals surface area contributed by atoms with Crippen molar-refractivity contribution >= 4 is 17.3 Å². The van der Waals surface area contributed by atoms with Gasteiger partial charge < -0.3 is 10.5 Å². The highest BCUT2D eigenvalue weighted by atomic mass is 35.5. The third kappa shape index (κ3) is 3.07. The zero-order chi connectivity index (χ0) is 10.6. The van der Waals surface area contributed by atoms with E-state index in [0.717, 1.165) is 12.8 Å². The molecular formula is C10H15ClN2O. The summed E-state index contributed by atoms with van der Waals surface area (Å²) in [6.45, 7) is 4.11. The molecule has 0 aliphatic carbocycles. The van der Waals surface area contributed by atoms with Crippen molar-refractivity contribution in [3.8, 4) is 5.88 Å². The van der Waals surface area contributed by atoms with Gasteiger partial charge in [-0.2, -0.15) is 0 Å². The minimum absolute atomic E-state index is 0.135. The van der Waals surface area contributed by atoms with Gasteiger partial charge in [-0.3, -0.25) is 0 Å². The monoisotopic (exact) mass is 214 g/mol. The Morgan fingerprint density at radius 2 is 2.36 bits per heavy atom. The fourth-order valence-electron chi connectivity index (χ4n) is 1.20. The Bertz CT molecular complexity index is 304. The molecule has 0 radical (unpaired) electrons. The van der Waals surface area contributed by atoms with Crippen LogP contribution in [0.2, 0.25) is 5.02 Å². The minimum atomic E-state index is 0.135. The lowest BCUT2D eigenvalue weighted by atomic mass is 10.2. The molecule has 0 amide bonds. The molecule has 1 rings (SSSR count). The second-order valence-corrected chi connectivity index (χ2v) is 3.70. The van der Waals surface area contributed by atoms with Gasteiger partial charge in [0.05, 0.1) is 16.8 Å². The molecule has 1 heterocycles. The van der Waals surface area contributed by atoms with Gasteiger partial charge in [-0.15, -0.1) is 0 Å². The van der Waals surface area contributed by atoms with Gasteiger partial charge in [0.15, 0.2) is 0 Å². The van der Waals surface area contributed by atoms with Gasteiger partial charge in [0.25, 0.3) is 0 Å². The van der Waals surface area contributed by atoms with Crippen LogP contribution in [0.4, 0.5) is 5.69 Å². The van der Waals surface area contributed by atoms with E-state index in [9.17, 15) is 0 Å². The van der Waals surface area contributed by atoms with Crippen LogP contribution in [0, 0.1) is 0 Å². The summed E-state index contributed by atoms with van der Waals surface area (Å²) in [7, 11) is 0. The van der Waals surface area contributed by atoms with E-state index in [-0.39, 0.29) is 6.10 Å². The Kier molecular flexibility index (Phi) is 4.01. The highest BCUT2D eigenvalue weighted by Gasteiger charge is 2.07. The molecule has 0 saturated heterocycles. The Hall–Kier alpha value is -0.960. The summed E-state index contributed by atoms with van der Waals surface area (Å²) in [5.74, 6) is 0.468. The largest absolute Gasteiger partial charge is 0.473 e. The molecule has 3 nitrogen and oxygen atoms in total. The Labute approximate surface area is 89.2 Å². The number of rotatable bonds is 4. The Balaban J connectivity index is 2.67. The standard InChI is InChI=1S/C10H15ClN2O/c1-3-4-7(2)14-10-9(12)5-8(11)6-13-10/h5-7H,3-4,12H2,1-2H3. The fraction of sp³-hybridized carbons (Fsp3) is 0.500. The molecule has 2 N–H and O–H groups in total. The molecule has 4 heteroatoms. The number of anilines is 1. The van der Waals surface area contributed by atoms with E-state index in [1.807, 2.05) is 6.92 Å². The molecule has 14 heavy (non-hydrogen) atoms. The second-order valence-electron chi connectivity index (χ2n) is 3.27. The summed E-state index contributed by atoms with van der Waals surface area (Å²) in [5.41, 5.74) is 6.18. The first-order valence-corrected chi connectivity index (χ1v) is 5.09. The summed E-state index contributed by atoms with van der Waals surface area (Å²) in [6.07, 6.45) is 3.74. The highest BCUT2D eigenvalue weighted by molar-refractivity contribution is 6.30. The van der Waals surface area contributed by atoms with Crippen molar-refractivity contribution in [2.75, 3.05) is 5.73 Å². The topological polar surface area (TPSA) is 48.1 Å². The SMILES string of the molecule is CCCC(C)Oc1ncc(Cl)cc1N. The van der Waals surface area contributed by atoms with Gasteiger partial charge in [0, 0.05) is 6.20 Å². The average molecular weight is 215 g/mol. The van der Waals surface area contributed by atoms with Crippen LogP contribution in [0.5, 0.6) is 5.88 Å². The summed E-state index contributed by atoms with van der Waals surface area (Å²) >= 11 is 5.72. The number of nitrogens with zero attached hydrogens (tertiary/aromatic N) is 1. The molecular weight excluding hydrogens is 200 g/mol. The predicted molar refractivity (Wildman–Crippen MR) is 58.7 cm³/mol. The molecule has 0 fully saturated rings. The van der Waals surface area contributed by atoms with Crippen LogP contribution in [-0.4, -0.2) is 11.1 Å². The van der Waals surface area contributed by atoms with Crippen molar-refractivity contribution in [3.63, 3.8) is 0 Å². The van der Waals surface area contributed by atoms with Gasteiger partial charge in [-0.25, -0.2) is 4.98 Å². The third-order valence-corrected chi connectivity index (χ3v) is 2.06. The zero-order valence-electron chi connectivity index (χ0n) is 8.46. The van der Waals surface area contributed by atoms with Crippen molar-refractivity contribution in [2.24, 2.45) is 0 Å². The van der Waals surface area contributed by atoms with Crippen LogP contribution in [-0.2, 0) is 0 Å². The van der Waals surface area contributed by atoms with Gasteiger partial charge in [-0.05, 0) is 19.4 Å². The van der Waals surface area contributed by atoms with Crippen molar-refractivity contribution < 1.29 is 4.74 Å². The molecule has 78 valence electrons. The van der Waals surface area contributed by atoms with Crippen molar-refractivity contribution in [3.05, 3.63) is 17.3 Å². The van der Waals surface area contributed by atoms with Crippen LogP contribution in [0.15, 0.2) is 12.3 Å². The molecule has 1 atom stereocenters. The van der Waals surface area contributed by atoms with E-state index in [4.69, 9.17) is 22.1 Å². The van der Waals surface area contributed by atoms with Gasteiger partial charge in [-0.1, -0.05) is 24.9 Å². The quantitative estimate of drug-likeness (QED) is 0.839. The highest BCUT2D eigenvalue weighted by Crippen LogP contribution is 2.23. The molecule has 1 unspecified atom stereocenters. The summed E-state index contributed by atoms with van der Waals surface area (Å²) in [5, 5.41) is 0.526. The van der Waals surface area contributed by atoms with E-state index < -0.39 is 0 Å². The lowest BCUT2D eigenvalue weighted by molar-refractivity contribution is 0.203. The van der Waals surface area contributed by atoms with Crippen molar-refractivity contribution in [2.45, 2.75) is 32.8 Å². The maximum absolute atomic E-state index is 5.72. The number of hydrogen-bond acceptors (Lipinski definition) is 3. The number of hydrogen-bond donors (Lipinski definition) is 1. The molecule has 0 saturated carbocycles. The lowest BCUT2D eigenvalue weighted by Gasteiger charge is -2.14. The maximum atomic E-state index is 5.72. The number of halogens is 1. The molecule has 1 aromatic heterocycles. The minimum Gasteiger partial charge on any atom is -0.473 e. The number of aromatic nitrogens is 1. The molecule has 0 aliphatic rings. The first kappa shape index (κ1) is 11.1. The van der Waals surface area contributed by atoms with E-state index in [1.165, 1.54) is 6.20 Å². The normalized spacial score (nSPS) is 12.5. The third-order valence-electron chi connectivity index (χ3n) is 1.85. The first-order valence-electron chi connectivity index (χ1n) is 4.71. The number of nitrogen functional groups attached to an aromatic ring is 1. The van der Waals surface area contributed by atoms with Crippen LogP contribution in [0.3, 0.4) is 0 Å². The summed E-state index contributed by atoms with van der Waals surface area (Å²) < 4.78 is 5.55. The van der Waals surface area contributed by atoms with Crippen LogP contribution in [0.25, 0.3) is 0 Å². The fourth-order valence-corrected chi connectivity index (χ4v) is 1.36. The molecule has 0 bridgehead atoms. The smallest absolute Gasteiger partial charge is 0.237 e. The molecule has 1 aromatic rings. The van der Waals surface area contributed by atoms with E-state index in [1.54, 1.807) is 6.07 Å². The lowest BCUT2D eigenvalue weighted by Crippen LogP contribution is -2.13. The van der Waals surface area contributed by atoms with Crippen LogP contribution in [0.1, 0.15) is 26.7 Å². The summed E-state index contributed by atoms with van der Waals surface area (Å²) in [4.78, 5) is 4.02. The van der Waals surface area contributed by atoms with Crippen molar-refractivity contribution in [1.82, 2.24) is 4.98 Å². The maximum Gasteiger partial charge on any atom is 0.237 e. The molecule has 0 aliphatic heterocycles. The summed E-state index contributed by atoms with van der Waals surface area (Å²) in [6, 6.07) is 1.64. The number of pyridine rings is 1. The first-order chi connectivity index (χ1) is 6.63. The van der Waals surface area contributed by atoms with Gasteiger partial charge in [0.1, 0.15) is 0 Å².